The number of carbonyl (C=O) groups excluding carboxylic acids is 1. The van der Waals surface area contributed by atoms with Gasteiger partial charge in [-0.3, -0.25) is 4.79 Å². The Kier molecular flexibility index (Phi) is 4.78. The highest BCUT2D eigenvalue weighted by atomic mass is 16.6. The van der Waals surface area contributed by atoms with Crippen LogP contribution in [0.5, 0.6) is 11.5 Å². The molecule has 0 aromatic heterocycles. The lowest BCUT2D eigenvalue weighted by atomic mass is 10.1. The van der Waals surface area contributed by atoms with Crippen LogP contribution >= 0.6 is 0 Å². The Balaban J connectivity index is 1.87. The fourth-order valence-electron chi connectivity index (χ4n) is 2.62. The summed E-state index contributed by atoms with van der Waals surface area (Å²) < 4.78 is 11.2. The predicted octanol–water partition coefficient (Wildman–Crippen LogP) is 2.06. The molecule has 2 aromatic rings. The Labute approximate surface area is 135 Å². The summed E-state index contributed by atoms with van der Waals surface area (Å²) in [6.07, 6.45) is 0. The maximum Gasteiger partial charge on any atom is 0.258 e. The van der Waals surface area contributed by atoms with E-state index in [0.717, 1.165) is 5.56 Å². The molecule has 0 unspecified atom stereocenters. The van der Waals surface area contributed by atoms with Crippen molar-refractivity contribution in [2.45, 2.75) is 6.54 Å². The highest BCUT2D eigenvalue weighted by Crippen LogP contribution is 2.34. The van der Waals surface area contributed by atoms with E-state index in [0.29, 0.717) is 49.9 Å². The molecular weight excluding hydrogens is 292 g/mol. The van der Waals surface area contributed by atoms with Crippen molar-refractivity contribution in [3.05, 3.63) is 59.7 Å². The van der Waals surface area contributed by atoms with Gasteiger partial charge in [-0.05, 0) is 17.7 Å². The SMILES string of the molecule is NCCN(Cc1ccccc1)C(=O)c1cccc2c1OCCO2. The van der Waals surface area contributed by atoms with Gasteiger partial charge in [0.1, 0.15) is 13.2 Å². The maximum atomic E-state index is 12.9. The van der Waals surface area contributed by atoms with Crippen molar-refractivity contribution in [3.63, 3.8) is 0 Å². The minimum Gasteiger partial charge on any atom is -0.486 e. The van der Waals surface area contributed by atoms with E-state index in [4.69, 9.17) is 15.2 Å². The van der Waals surface area contributed by atoms with Crippen molar-refractivity contribution in [3.8, 4) is 11.5 Å². The molecule has 0 radical (unpaired) electrons. The number of nitrogens with zero attached hydrogens (tertiary/aromatic N) is 1. The van der Waals surface area contributed by atoms with Crippen LogP contribution < -0.4 is 15.2 Å². The standard InChI is InChI=1S/C18H20N2O3/c19-9-10-20(13-14-5-2-1-3-6-14)18(21)15-7-4-8-16-17(15)23-12-11-22-16/h1-8H,9-13,19H2. The number of nitrogens with two attached hydrogens (primary N) is 1. The van der Waals surface area contributed by atoms with Gasteiger partial charge in [0.15, 0.2) is 11.5 Å². The molecule has 0 saturated carbocycles. The molecule has 120 valence electrons. The van der Waals surface area contributed by atoms with Gasteiger partial charge in [-0.25, -0.2) is 0 Å². The molecule has 2 N–H and O–H groups in total. The molecule has 0 atom stereocenters. The van der Waals surface area contributed by atoms with Crippen LogP contribution in [0.2, 0.25) is 0 Å². The van der Waals surface area contributed by atoms with E-state index >= 15 is 0 Å². The van der Waals surface area contributed by atoms with Gasteiger partial charge in [0.05, 0.1) is 5.56 Å². The highest BCUT2D eigenvalue weighted by Gasteiger charge is 2.24. The van der Waals surface area contributed by atoms with Crippen LogP contribution in [0.4, 0.5) is 0 Å². The number of rotatable bonds is 5. The van der Waals surface area contributed by atoms with Crippen LogP contribution in [0.25, 0.3) is 0 Å². The van der Waals surface area contributed by atoms with Gasteiger partial charge >= 0.3 is 0 Å². The summed E-state index contributed by atoms with van der Waals surface area (Å²) in [5, 5.41) is 0. The molecule has 23 heavy (non-hydrogen) atoms. The number of carbonyl (C=O) groups is 1. The zero-order valence-corrected chi connectivity index (χ0v) is 12.9. The van der Waals surface area contributed by atoms with E-state index < -0.39 is 0 Å². The smallest absolute Gasteiger partial charge is 0.258 e. The lowest BCUT2D eigenvalue weighted by molar-refractivity contribution is 0.0737. The average Bonchev–Trinajstić information content (AvgIpc) is 2.61. The third kappa shape index (κ3) is 3.46. The van der Waals surface area contributed by atoms with E-state index in [1.165, 1.54) is 0 Å². The van der Waals surface area contributed by atoms with Crippen LogP contribution in [0.1, 0.15) is 15.9 Å². The lowest BCUT2D eigenvalue weighted by Crippen LogP contribution is -2.35. The predicted molar refractivity (Wildman–Crippen MR) is 87.7 cm³/mol. The molecule has 0 fully saturated rings. The summed E-state index contributed by atoms with van der Waals surface area (Å²) >= 11 is 0. The number of hydrogen-bond donors (Lipinski definition) is 1. The topological polar surface area (TPSA) is 64.8 Å². The van der Waals surface area contributed by atoms with E-state index in [-0.39, 0.29) is 5.91 Å². The summed E-state index contributed by atoms with van der Waals surface area (Å²) in [4.78, 5) is 14.7. The molecule has 0 aliphatic carbocycles. The summed E-state index contributed by atoms with van der Waals surface area (Å²) in [7, 11) is 0. The molecule has 0 saturated heterocycles. The number of amides is 1. The third-order valence-corrected chi connectivity index (χ3v) is 3.70. The molecule has 0 bridgehead atoms. The number of para-hydroxylation sites is 1. The van der Waals surface area contributed by atoms with Crippen molar-refractivity contribution in [2.75, 3.05) is 26.3 Å². The first-order chi connectivity index (χ1) is 11.3. The molecule has 5 heteroatoms. The van der Waals surface area contributed by atoms with Crippen molar-refractivity contribution in [2.24, 2.45) is 5.73 Å². The second kappa shape index (κ2) is 7.15. The van der Waals surface area contributed by atoms with Gasteiger partial charge in [0.25, 0.3) is 5.91 Å². The fraction of sp³-hybridized carbons (Fsp3) is 0.278. The average molecular weight is 312 g/mol. The first kappa shape index (κ1) is 15.4. The Morgan fingerprint density at radius 2 is 1.83 bits per heavy atom. The molecule has 1 aliphatic heterocycles. The summed E-state index contributed by atoms with van der Waals surface area (Å²) in [6, 6.07) is 15.3. The Morgan fingerprint density at radius 1 is 1.04 bits per heavy atom. The quantitative estimate of drug-likeness (QED) is 0.918. The largest absolute Gasteiger partial charge is 0.486 e. The second-order valence-electron chi connectivity index (χ2n) is 5.33. The first-order valence-electron chi connectivity index (χ1n) is 7.71. The van der Waals surface area contributed by atoms with Crippen molar-refractivity contribution in [1.82, 2.24) is 4.90 Å². The monoisotopic (exact) mass is 312 g/mol. The highest BCUT2D eigenvalue weighted by molar-refractivity contribution is 5.97. The van der Waals surface area contributed by atoms with Crippen molar-refractivity contribution < 1.29 is 14.3 Å². The van der Waals surface area contributed by atoms with E-state index in [9.17, 15) is 4.79 Å². The first-order valence-corrected chi connectivity index (χ1v) is 7.71. The van der Waals surface area contributed by atoms with Crippen LogP contribution in [0, 0.1) is 0 Å². The van der Waals surface area contributed by atoms with Gasteiger partial charge < -0.3 is 20.1 Å². The van der Waals surface area contributed by atoms with Gasteiger partial charge in [-0.2, -0.15) is 0 Å². The van der Waals surface area contributed by atoms with Gasteiger partial charge in [-0.15, -0.1) is 0 Å². The molecule has 1 heterocycles. The Bertz CT molecular complexity index is 673. The van der Waals surface area contributed by atoms with Crippen molar-refractivity contribution in [1.29, 1.82) is 0 Å². The van der Waals surface area contributed by atoms with E-state index in [1.807, 2.05) is 42.5 Å². The number of hydrogen-bond acceptors (Lipinski definition) is 4. The Morgan fingerprint density at radius 3 is 2.61 bits per heavy atom. The zero-order chi connectivity index (χ0) is 16.1. The number of benzene rings is 2. The molecule has 5 nitrogen and oxygen atoms in total. The number of ether oxygens (including phenoxy) is 2. The van der Waals surface area contributed by atoms with Crippen LogP contribution in [-0.4, -0.2) is 37.1 Å². The molecule has 1 aliphatic rings. The molecular formula is C18H20N2O3. The fourth-order valence-corrected chi connectivity index (χ4v) is 2.62. The van der Waals surface area contributed by atoms with Crippen molar-refractivity contribution >= 4 is 5.91 Å². The van der Waals surface area contributed by atoms with E-state index in [1.54, 1.807) is 11.0 Å². The normalized spacial score (nSPS) is 12.7. The number of fused-ring (bicyclic) bond motifs is 1. The minimum atomic E-state index is -0.0957. The minimum absolute atomic E-state index is 0.0957. The zero-order valence-electron chi connectivity index (χ0n) is 12.9. The van der Waals surface area contributed by atoms with Crippen LogP contribution in [0.3, 0.4) is 0 Å². The molecule has 0 spiro atoms. The van der Waals surface area contributed by atoms with Crippen LogP contribution in [0.15, 0.2) is 48.5 Å². The Hall–Kier alpha value is -2.53. The summed E-state index contributed by atoms with van der Waals surface area (Å²) in [5.41, 5.74) is 7.27. The maximum absolute atomic E-state index is 12.9. The molecule has 1 amide bonds. The van der Waals surface area contributed by atoms with Crippen LogP contribution in [-0.2, 0) is 6.54 Å². The third-order valence-electron chi connectivity index (χ3n) is 3.70. The van der Waals surface area contributed by atoms with E-state index in [2.05, 4.69) is 0 Å². The second-order valence-corrected chi connectivity index (χ2v) is 5.33. The molecule has 3 rings (SSSR count). The van der Waals surface area contributed by atoms with Gasteiger partial charge in [-0.1, -0.05) is 36.4 Å². The van der Waals surface area contributed by atoms with Gasteiger partial charge in [0.2, 0.25) is 0 Å². The summed E-state index contributed by atoms with van der Waals surface area (Å²) in [6.45, 7) is 2.36. The molecule has 2 aromatic carbocycles. The van der Waals surface area contributed by atoms with Gasteiger partial charge in [0, 0.05) is 19.6 Å². The summed E-state index contributed by atoms with van der Waals surface area (Å²) in [5.74, 6) is 1.05. The lowest BCUT2D eigenvalue weighted by Gasteiger charge is -2.25.